The van der Waals surface area contributed by atoms with E-state index in [-0.39, 0.29) is 17.1 Å². The predicted molar refractivity (Wildman–Crippen MR) is 61.2 cm³/mol. The van der Waals surface area contributed by atoms with Crippen molar-refractivity contribution in [2.75, 3.05) is 0 Å². The van der Waals surface area contributed by atoms with E-state index in [1.807, 2.05) is 0 Å². The second-order valence-electron chi connectivity index (χ2n) is 3.31. The van der Waals surface area contributed by atoms with Gasteiger partial charge in [0, 0.05) is 6.54 Å². The molecule has 3 N–H and O–H groups in total. The Morgan fingerprint density at radius 3 is 2.94 bits per heavy atom. The summed E-state index contributed by atoms with van der Waals surface area (Å²) >= 11 is 5.78. The largest absolute Gasteiger partial charge is 0.478 e. The number of rotatable bonds is 3. The lowest BCUT2D eigenvalue weighted by molar-refractivity contribution is 0.0697. The summed E-state index contributed by atoms with van der Waals surface area (Å²) in [4.78, 5) is 10.9. The predicted octanol–water partition coefficient (Wildman–Crippen LogP) is 1.08. The van der Waals surface area contributed by atoms with Crippen molar-refractivity contribution in [1.82, 2.24) is 15.0 Å². The van der Waals surface area contributed by atoms with E-state index >= 15 is 0 Å². The summed E-state index contributed by atoms with van der Waals surface area (Å²) in [6.45, 7) is 0.262. The fraction of sp³-hybridized carbons (Fsp3) is 0.100. The maximum absolute atomic E-state index is 10.9. The third kappa shape index (κ3) is 2.13. The minimum absolute atomic E-state index is 0.0163. The molecule has 0 unspecified atom stereocenters. The van der Waals surface area contributed by atoms with Gasteiger partial charge in [0.15, 0.2) is 0 Å². The molecular formula is C10H9ClN4O2. The van der Waals surface area contributed by atoms with E-state index in [0.29, 0.717) is 11.4 Å². The lowest BCUT2D eigenvalue weighted by atomic mass is 10.2. The first-order valence-electron chi connectivity index (χ1n) is 4.76. The number of aromatic carboxylic acids is 1. The summed E-state index contributed by atoms with van der Waals surface area (Å²) in [5.74, 6) is -1.09. The van der Waals surface area contributed by atoms with Crippen LogP contribution in [0.3, 0.4) is 0 Å². The van der Waals surface area contributed by atoms with Crippen LogP contribution in [0.15, 0.2) is 24.4 Å². The molecule has 6 nitrogen and oxygen atoms in total. The average molecular weight is 253 g/mol. The molecule has 0 bridgehead atoms. The third-order valence-corrected chi connectivity index (χ3v) is 2.58. The van der Waals surface area contributed by atoms with Gasteiger partial charge in [-0.3, -0.25) is 0 Å². The maximum atomic E-state index is 10.9. The molecule has 0 radical (unpaired) electrons. The highest BCUT2D eigenvalue weighted by molar-refractivity contribution is 6.33. The van der Waals surface area contributed by atoms with Crippen LogP contribution in [0.2, 0.25) is 5.02 Å². The number of benzene rings is 1. The Morgan fingerprint density at radius 2 is 2.29 bits per heavy atom. The van der Waals surface area contributed by atoms with Crippen molar-refractivity contribution in [3.05, 3.63) is 40.7 Å². The fourth-order valence-corrected chi connectivity index (χ4v) is 1.62. The first kappa shape index (κ1) is 11.6. The van der Waals surface area contributed by atoms with E-state index in [2.05, 4.69) is 10.3 Å². The van der Waals surface area contributed by atoms with Crippen LogP contribution >= 0.6 is 11.6 Å². The lowest BCUT2D eigenvalue weighted by Crippen LogP contribution is -2.08. The van der Waals surface area contributed by atoms with Gasteiger partial charge < -0.3 is 10.8 Å². The molecule has 1 aromatic heterocycles. The van der Waals surface area contributed by atoms with Gasteiger partial charge in [-0.15, -0.1) is 5.10 Å². The van der Waals surface area contributed by atoms with Gasteiger partial charge in [-0.1, -0.05) is 16.8 Å². The van der Waals surface area contributed by atoms with E-state index in [1.165, 1.54) is 23.0 Å². The van der Waals surface area contributed by atoms with Gasteiger partial charge in [0.2, 0.25) is 0 Å². The fourth-order valence-electron chi connectivity index (χ4n) is 1.42. The van der Waals surface area contributed by atoms with E-state index in [9.17, 15) is 4.79 Å². The standard InChI is InChI=1S/C10H9ClN4O2/c11-9-2-1-6(3-8(9)10(16)17)15-7(4-12)5-13-14-15/h1-3,5H,4,12H2,(H,16,17). The Labute approximate surface area is 102 Å². The highest BCUT2D eigenvalue weighted by Gasteiger charge is 2.12. The molecule has 0 fully saturated rings. The van der Waals surface area contributed by atoms with Gasteiger partial charge in [-0.05, 0) is 18.2 Å². The van der Waals surface area contributed by atoms with Crippen LogP contribution < -0.4 is 5.73 Å². The molecule has 0 aliphatic carbocycles. The Kier molecular flexibility index (Phi) is 3.08. The summed E-state index contributed by atoms with van der Waals surface area (Å²) in [5.41, 5.74) is 6.78. The Balaban J connectivity index is 2.54. The zero-order valence-corrected chi connectivity index (χ0v) is 9.42. The van der Waals surface area contributed by atoms with Crippen molar-refractivity contribution < 1.29 is 9.90 Å². The molecule has 1 heterocycles. The molecule has 88 valence electrons. The minimum Gasteiger partial charge on any atom is -0.478 e. The molecule has 2 aromatic rings. The van der Waals surface area contributed by atoms with E-state index in [1.54, 1.807) is 6.07 Å². The van der Waals surface area contributed by atoms with Crippen molar-refractivity contribution in [3.8, 4) is 5.69 Å². The molecule has 0 spiro atoms. The number of nitrogens with zero attached hydrogens (tertiary/aromatic N) is 3. The quantitative estimate of drug-likeness (QED) is 0.852. The number of carboxylic acids is 1. The highest BCUT2D eigenvalue weighted by Crippen LogP contribution is 2.20. The van der Waals surface area contributed by atoms with Gasteiger partial charge in [0.25, 0.3) is 0 Å². The van der Waals surface area contributed by atoms with Crippen LogP contribution in [0.1, 0.15) is 16.1 Å². The molecule has 2 rings (SSSR count). The molecule has 1 aromatic carbocycles. The molecule has 0 saturated heterocycles. The number of halogens is 1. The Hall–Kier alpha value is -1.92. The van der Waals surface area contributed by atoms with Crippen molar-refractivity contribution in [1.29, 1.82) is 0 Å². The Morgan fingerprint density at radius 1 is 1.53 bits per heavy atom. The van der Waals surface area contributed by atoms with Crippen LogP contribution in [0.4, 0.5) is 0 Å². The van der Waals surface area contributed by atoms with E-state index in [4.69, 9.17) is 22.4 Å². The number of aromatic nitrogens is 3. The molecule has 0 amide bonds. The van der Waals surface area contributed by atoms with Crippen LogP contribution in [0, 0.1) is 0 Å². The van der Waals surface area contributed by atoms with Crippen LogP contribution in [-0.4, -0.2) is 26.1 Å². The molecule has 0 aliphatic rings. The van der Waals surface area contributed by atoms with Crippen LogP contribution in [0.5, 0.6) is 0 Å². The molecule has 0 aliphatic heterocycles. The number of carboxylic acid groups (broad SMARTS) is 1. The summed E-state index contributed by atoms with van der Waals surface area (Å²) in [6, 6.07) is 4.59. The van der Waals surface area contributed by atoms with Crippen molar-refractivity contribution >= 4 is 17.6 Å². The second-order valence-corrected chi connectivity index (χ2v) is 3.72. The first-order valence-corrected chi connectivity index (χ1v) is 5.14. The molecule has 0 atom stereocenters. The summed E-state index contributed by atoms with van der Waals surface area (Å²) in [5, 5.41) is 16.7. The number of hydrogen-bond donors (Lipinski definition) is 2. The number of nitrogens with two attached hydrogens (primary N) is 1. The molecular weight excluding hydrogens is 244 g/mol. The zero-order chi connectivity index (χ0) is 12.4. The smallest absolute Gasteiger partial charge is 0.337 e. The van der Waals surface area contributed by atoms with Crippen molar-refractivity contribution in [3.63, 3.8) is 0 Å². The van der Waals surface area contributed by atoms with E-state index in [0.717, 1.165) is 0 Å². The minimum atomic E-state index is -1.09. The van der Waals surface area contributed by atoms with Crippen LogP contribution in [0.25, 0.3) is 5.69 Å². The summed E-state index contributed by atoms with van der Waals surface area (Å²) in [6.07, 6.45) is 1.52. The normalized spacial score (nSPS) is 10.5. The monoisotopic (exact) mass is 252 g/mol. The van der Waals surface area contributed by atoms with Gasteiger partial charge in [-0.2, -0.15) is 0 Å². The van der Waals surface area contributed by atoms with E-state index < -0.39 is 5.97 Å². The van der Waals surface area contributed by atoms with Gasteiger partial charge in [0.1, 0.15) is 0 Å². The second kappa shape index (κ2) is 4.52. The van der Waals surface area contributed by atoms with Gasteiger partial charge >= 0.3 is 5.97 Å². The van der Waals surface area contributed by atoms with Crippen molar-refractivity contribution in [2.45, 2.75) is 6.54 Å². The van der Waals surface area contributed by atoms with Gasteiger partial charge in [0.05, 0.1) is 28.2 Å². The highest BCUT2D eigenvalue weighted by atomic mass is 35.5. The lowest BCUT2D eigenvalue weighted by Gasteiger charge is -2.06. The van der Waals surface area contributed by atoms with Crippen LogP contribution in [-0.2, 0) is 6.54 Å². The number of carbonyl (C=O) groups is 1. The summed E-state index contributed by atoms with van der Waals surface area (Å²) in [7, 11) is 0. The third-order valence-electron chi connectivity index (χ3n) is 2.25. The molecule has 0 saturated carbocycles. The maximum Gasteiger partial charge on any atom is 0.337 e. The molecule has 17 heavy (non-hydrogen) atoms. The zero-order valence-electron chi connectivity index (χ0n) is 8.67. The first-order chi connectivity index (χ1) is 8.13. The molecule has 7 heteroatoms. The number of hydrogen-bond acceptors (Lipinski definition) is 4. The topological polar surface area (TPSA) is 94.0 Å². The summed E-state index contributed by atoms with van der Waals surface area (Å²) < 4.78 is 1.47. The SMILES string of the molecule is NCc1cnnn1-c1ccc(Cl)c(C(=O)O)c1. The van der Waals surface area contributed by atoms with Crippen molar-refractivity contribution in [2.24, 2.45) is 5.73 Å². The Bertz CT molecular complexity index is 567. The average Bonchev–Trinajstić information content (AvgIpc) is 2.77. The van der Waals surface area contributed by atoms with Gasteiger partial charge in [-0.25, -0.2) is 9.48 Å².